The van der Waals surface area contributed by atoms with E-state index in [0.29, 0.717) is 0 Å². The highest BCUT2D eigenvalue weighted by Crippen LogP contribution is 2.42. The maximum atomic E-state index is 6.60. The van der Waals surface area contributed by atoms with Crippen LogP contribution in [0.4, 0.5) is 0 Å². The van der Waals surface area contributed by atoms with Crippen LogP contribution in [0.15, 0.2) is 156 Å². The number of hydrogen-bond donors (Lipinski definition) is 0. The molecule has 10 rings (SSSR count). The molecule has 0 N–H and O–H groups in total. The monoisotopic (exact) mass is 587 g/mol. The predicted octanol–water partition coefficient (Wildman–Crippen LogP) is 11.1. The maximum absolute atomic E-state index is 6.60. The Balaban J connectivity index is 1.29. The topological polar surface area (TPSA) is 43.3 Å². The van der Waals surface area contributed by atoms with Crippen LogP contribution in [0.5, 0.6) is 0 Å². The van der Waals surface area contributed by atoms with Crippen molar-refractivity contribution in [3.05, 3.63) is 152 Å². The highest BCUT2D eigenvalue weighted by molar-refractivity contribution is 6.26. The molecule has 4 heteroatoms. The summed E-state index contributed by atoms with van der Waals surface area (Å²) < 4.78 is 8.75. The summed E-state index contributed by atoms with van der Waals surface area (Å²) in [4.78, 5) is 9.89. The van der Waals surface area contributed by atoms with Crippen molar-refractivity contribution < 1.29 is 4.42 Å². The average Bonchev–Trinajstić information content (AvgIpc) is 3.71. The lowest BCUT2D eigenvalue weighted by Gasteiger charge is -2.13. The Morgan fingerprint density at radius 1 is 0.500 bits per heavy atom. The molecule has 0 bridgehead atoms. The van der Waals surface area contributed by atoms with Crippen molar-refractivity contribution in [2.45, 2.75) is 0 Å². The largest absolute Gasteiger partial charge is 0.455 e. The Morgan fingerprint density at radius 3 is 1.91 bits per heavy atom. The summed E-state index contributed by atoms with van der Waals surface area (Å²) >= 11 is 0. The van der Waals surface area contributed by atoms with Gasteiger partial charge in [-0.05, 0) is 92.0 Å². The molecule has 46 heavy (non-hydrogen) atoms. The van der Waals surface area contributed by atoms with Crippen molar-refractivity contribution in [2.24, 2.45) is 0 Å². The molecule has 6 aromatic carbocycles. The van der Waals surface area contributed by atoms with Gasteiger partial charge in [-0.15, -0.1) is 0 Å². The number of para-hydroxylation sites is 1. The van der Waals surface area contributed by atoms with E-state index >= 15 is 0 Å². The van der Waals surface area contributed by atoms with Gasteiger partial charge in [-0.25, -0.2) is 4.98 Å². The Kier molecular flexibility index (Phi) is 5.25. The third-order valence-electron chi connectivity index (χ3n) is 9.25. The van der Waals surface area contributed by atoms with Gasteiger partial charge in [0.1, 0.15) is 22.7 Å². The Morgan fingerprint density at radius 2 is 1.15 bits per heavy atom. The predicted molar refractivity (Wildman–Crippen MR) is 189 cm³/mol. The first-order valence-corrected chi connectivity index (χ1v) is 15.5. The van der Waals surface area contributed by atoms with E-state index in [1.165, 1.54) is 32.3 Å². The molecular formula is C42H25N3O. The smallest absolute Gasteiger partial charge is 0.149 e. The van der Waals surface area contributed by atoms with Gasteiger partial charge in [-0.2, -0.15) is 0 Å². The summed E-state index contributed by atoms with van der Waals surface area (Å²) in [5.74, 6) is 0.819. The van der Waals surface area contributed by atoms with Crippen LogP contribution in [0.2, 0.25) is 0 Å². The molecule has 4 nitrogen and oxygen atoms in total. The molecule has 0 amide bonds. The van der Waals surface area contributed by atoms with Crippen LogP contribution in [-0.2, 0) is 0 Å². The zero-order valence-corrected chi connectivity index (χ0v) is 24.7. The zero-order chi connectivity index (χ0) is 30.2. The highest BCUT2D eigenvalue weighted by Gasteiger charge is 2.21. The lowest BCUT2D eigenvalue weighted by molar-refractivity contribution is 0.669. The van der Waals surface area contributed by atoms with Gasteiger partial charge in [0.25, 0.3) is 0 Å². The Bertz CT molecular complexity index is 2770. The molecule has 0 radical (unpaired) electrons. The highest BCUT2D eigenvalue weighted by atomic mass is 16.3. The van der Waals surface area contributed by atoms with Gasteiger partial charge in [0, 0.05) is 23.2 Å². The molecule has 4 aromatic heterocycles. The third-order valence-corrected chi connectivity index (χ3v) is 9.25. The van der Waals surface area contributed by atoms with Crippen LogP contribution in [0.25, 0.3) is 93.7 Å². The summed E-state index contributed by atoms with van der Waals surface area (Å²) in [5.41, 5.74) is 7.55. The molecule has 10 aromatic rings. The van der Waals surface area contributed by atoms with Crippen LogP contribution >= 0.6 is 0 Å². The van der Waals surface area contributed by atoms with Gasteiger partial charge in [0.05, 0.1) is 16.8 Å². The fourth-order valence-corrected chi connectivity index (χ4v) is 7.17. The summed E-state index contributed by atoms with van der Waals surface area (Å²) in [6, 6.07) is 49.2. The second-order valence-electron chi connectivity index (χ2n) is 11.8. The number of benzene rings is 6. The van der Waals surface area contributed by atoms with Crippen molar-refractivity contribution in [2.75, 3.05) is 0 Å². The van der Waals surface area contributed by atoms with E-state index in [1.807, 2.05) is 48.7 Å². The molecule has 0 aliphatic rings. The van der Waals surface area contributed by atoms with E-state index in [0.717, 1.165) is 61.4 Å². The number of fused-ring (bicyclic) bond motifs is 10. The van der Waals surface area contributed by atoms with Gasteiger partial charge in [-0.1, -0.05) is 91.0 Å². The molecule has 0 aliphatic heterocycles. The SMILES string of the molecule is c1ccc(-c2nc(-c3cc(-c4ccc5c6ccccc6c6ccccc6c5c4)cc4c3oc3ccccc34)n3ccccc23)nc1. The van der Waals surface area contributed by atoms with E-state index < -0.39 is 0 Å². The Labute approximate surface area is 263 Å². The molecule has 0 fully saturated rings. The molecule has 0 saturated carbocycles. The van der Waals surface area contributed by atoms with E-state index in [-0.39, 0.29) is 0 Å². The lowest BCUT2D eigenvalue weighted by atomic mass is 9.91. The third kappa shape index (κ3) is 3.61. The lowest BCUT2D eigenvalue weighted by Crippen LogP contribution is -1.91. The molecule has 0 spiro atoms. The zero-order valence-electron chi connectivity index (χ0n) is 24.7. The molecule has 4 heterocycles. The second-order valence-corrected chi connectivity index (χ2v) is 11.8. The number of aromatic nitrogens is 3. The van der Waals surface area contributed by atoms with E-state index in [1.54, 1.807) is 0 Å². The van der Waals surface area contributed by atoms with Crippen molar-refractivity contribution in [3.8, 4) is 33.9 Å². The minimum absolute atomic E-state index is 0.819. The van der Waals surface area contributed by atoms with Crippen LogP contribution in [0, 0.1) is 0 Å². The molecule has 0 unspecified atom stereocenters. The van der Waals surface area contributed by atoms with E-state index in [2.05, 4.69) is 113 Å². The number of pyridine rings is 2. The van der Waals surface area contributed by atoms with Gasteiger partial charge < -0.3 is 4.42 Å². The fourth-order valence-electron chi connectivity index (χ4n) is 7.17. The fraction of sp³-hybridized carbons (Fsp3) is 0. The quantitative estimate of drug-likeness (QED) is 0.193. The number of hydrogen-bond acceptors (Lipinski definition) is 3. The van der Waals surface area contributed by atoms with Gasteiger partial charge in [-0.3, -0.25) is 9.38 Å². The van der Waals surface area contributed by atoms with Crippen molar-refractivity contribution >= 4 is 59.8 Å². The normalized spacial score (nSPS) is 11.9. The average molecular weight is 588 g/mol. The molecular weight excluding hydrogens is 562 g/mol. The van der Waals surface area contributed by atoms with E-state index in [4.69, 9.17) is 9.40 Å². The van der Waals surface area contributed by atoms with Crippen LogP contribution in [-0.4, -0.2) is 14.4 Å². The van der Waals surface area contributed by atoms with E-state index in [9.17, 15) is 0 Å². The van der Waals surface area contributed by atoms with Crippen LogP contribution in [0.3, 0.4) is 0 Å². The van der Waals surface area contributed by atoms with Crippen molar-refractivity contribution in [1.82, 2.24) is 14.4 Å². The van der Waals surface area contributed by atoms with Crippen molar-refractivity contribution in [1.29, 1.82) is 0 Å². The number of rotatable bonds is 3. The number of nitrogens with zero attached hydrogens (tertiary/aromatic N) is 3. The standard InChI is InChI=1S/C42H25N3O/c1-2-13-30-28(11-1)29-12-3-4-14-31(29)34-23-26(19-20-32(30)34)27-24-35-33-15-5-6-18-39(33)46-41(35)36(25-27)42-44-40(37-16-7-9-21-43-37)38-17-8-10-22-45(38)42/h1-25H. The van der Waals surface area contributed by atoms with Gasteiger partial charge in [0.2, 0.25) is 0 Å². The van der Waals surface area contributed by atoms with Gasteiger partial charge in [0.15, 0.2) is 0 Å². The molecule has 0 saturated heterocycles. The molecule has 214 valence electrons. The first-order chi connectivity index (χ1) is 22.8. The summed E-state index contributed by atoms with van der Waals surface area (Å²) in [7, 11) is 0. The molecule has 0 atom stereocenters. The first kappa shape index (κ1) is 25.1. The summed E-state index contributed by atoms with van der Waals surface area (Å²) in [6.07, 6.45) is 3.88. The minimum atomic E-state index is 0.819. The van der Waals surface area contributed by atoms with Crippen molar-refractivity contribution in [3.63, 3.8) is 0 Å². The number of furan rings is 1. The Hall–Kier alpha value is -6.26. The van der Waals surface area contributed by atoms with Gasteiger partial charge >= 0.3 is 0 Å². The summed E-state index contributed by atoms with van der Waals surface area (Å²) in [5, 5.41) is 9.73. The van der Waals surface area contributed by atoms with Crippen LogP contribution < -0.4 is 0 Å². The minimum Gasteiger partial charge on any atom is -0.455 e. The number of imidazole rings is 1. The summed E-state index contributed by atoms with van der Waals surface area (Å²) in [6.45, 7) is 0. The maximum Gasteiger partial charge on any atom is 0.149 e. The first-order valence-electron chi connectivity index (χ1n) is 15.5. The van der Waals surface area contributed by atoms with Crippen LogP contribution in [0.1, 0.15) is 0 Å². The second kappa shape index (κ2) is 9.62. The molecule has 0 aliphatic carbocycles.